The van der Waals surface area contributed by atoms with E-state index in [1.807, 2.05) is 0 Å². The first-order chi connectivity index (χ1) is 6.91. The van der Waals surface area contributed by atoms with Crippen molar-refractivity contribution in [3.05, 3.63) is 0 Å². The third-order valence-corrected chi connectivity index (χ3v) is 2.62. The van der Waals surface area contributed by atoms with E-state index in [0.717, 1.165) is 13.0 Å². The van der Waals surface area contributed by atoms with E-state index in [-0.39, 0.29) is 0 Å². The Balaban J connectivity index is 2.78. The maximum absolute atomic E-state index is 4.94. The SMILES string of the molecule is [B]OCCCCCCCCCCCC. The summed E-state index contributed by atoms with van der Waals surface area (Å²) < 4.78 is 4.51. The minimum atomic E-state index is 0.719. The van der Waals surface area contributed by atoms with Gasteiger partial charge in [-0.2, -0.15) is 0 Å². The molecule has 0 heterocycles. The lowest BCUT2D eigenvalue weighted by atomic mass is 10.1. The van der Waals surface area contributed by atoms with Crippen LogP contribution in [-0.4, -0.2) is 14.7 Å². The van der Waals surface area contributed by atoms with E-state index >= 15 is 0 Å². The molecule has 0 aliphatic heterocycles. The van der Waals surface area contributed by atoms with Gasteiger partial charge in [0.1, 0.15) is 0 Å². The van der Waals surface area contributed by atoms with Crippen LogP contribution in [-0.2, 0) is 4.65 Å². The van der Waals surface area contributed by atoms with Crippen LogP contribution in [0.3, 0.4) is 0 Å². The fraction of sp³-hybridized carbons (Fsp3) is 1.00. The Morgan fingerprint density at radius 1 is 0.714 bits per heavy atom. The van der Waals surface area contributed by atoms with Crippen molar-refractivity contribution in [2.45, 2.75) is 71.1 Å². The van der Waals surface area contributed by atoms with Crippen LogP contribution in [0.4, 0.5) is 0 Å². The van der Waals surface area contributed by atoms with E-state index in [0.29, 0.717) is 0 Å². The standard InChI is InChI=1S/C12H25BO/c1-2-3-4-5-6-7-8-9-10-11-12-14-13/h2-12H2,1H3. The van der Waals surface area contributed by atoms with Gasteiger partial charge >= 0.3 is 0 Å². The first kappa shape index (κ1) is 14.0. The van der Waals surface area contributed by atoms with Gasteiger partial charge in [0.2, 0.25) is 0 Å². The normalized spacial score (nSPS) is 10.6. The lowest BCUT2D eigenvalue weighted by molar-refractivity contribution is 0.332. The number of hydrogen-bond acceptors (Lipinski definition) is 1. The second kappa shape index (κ2) is 13.0. The molecule has 0 aliphatic rings. The van der Waals surface area contributed by atoms with Crippen molar-refractivity contribution >= 4 is 8.05 Å². The highest BCUT2D eigenvalue weighted by molar-refractivity contribution is 5.97. The average Bonchev–Trinajstić information content (AvgIpc) is 2.21. The third kappa shape index (κ3) is 12.0. The summed E-state index contributed by atoms with van der Waals surface area (Å²) in [5, 5.41) is 0. The monoisotopic (exact) mass is 196 g/mol. The average molecular weight is 196 g/mol. The largest absolute Gasteiger partial charge is 0.448 e. The molecule has 0 aromatic carbocycles. The van der Waals surface area contributed by atoms with Crippen LogP contribution in [0.1, 0.15) is 71.1 Å². The fourth-order valence-corrected chi connectivity index (χ4v) is 1.67. The zero-order valence-corrected chi connectivity index (χ0v) is 9.76. The molecule has 2 heteroatoms. The van der Waals surface area contributed by atoms with Crippen molar-refractivity contribution in [1.29, 1.82) is 0 Å². The second-order valence-electron chi connectivity index (χ2n) is 4.05. The lowest BCUT2D eigenvalue weighted by Crippen LogP contribution is -1.89. The van der Waals surface area contributed by atoms with Gasteiger partial charge in [0, 0.05) is 6.61 Å². The van der Waals surface area contributed by atoms with Crippen LogP contribution in [0.5, 0.6) is 0 Å². The molecule has 14 heavy (non-hydrogen) atoms. The molecule has 0 atom stereocenters. The van der Waals surface area contributed by atoms with Crippen molar-refractivity contribution in [3.63, 3.8) is 0 Å². The molecule has 0 aliphatic carbocycles. The van der Waals surface area contributed by atoms with E-state index in [1.165, 1.54) is 57.8 Å². The minimum Gasteiger partial charge on any atom is -0.448 e. The van der Waals surface area contributed by atoms with Crippen molar-refractivity contribution in [3.8, 4) is 0 Å². The molecular formula is C12H25BO. The maximum atomic E-state index is 4.94. The Morgan fingerprint density at radius 2 is 1.14 bits per heavy atom. The molecular weight excluding hydrogens is 171 g/mol. The molecule has 0 aromatic heterocycles. The Hall–Kier alpha value is 0.0249. The predicted octanol–water partition coefficient (Wildman–Crippen LogP) is 4.01. The Morgan fingerprint density at radius 3 is 1.57 bits per heavy atom. The minimum absolute atomic E-state index is 0.719. The van der Waals surface area contributed by atoms with Crippen LogP contribution < -0.4 is 0 Å². The van der Waals surface area contributed by atoms with Gasteiger partial charge in [0.15, 0.2) is 0 Å². The van der Waals surface area contributed by atoms with Crippen LogP contribution in [0, 0.1) is 0 Å². The van der Waals surface area contributed by atoms with Gasteiger partial charge < -0.3 is 4.65 Å². The summed E-state index contributed by atoms with van der Waals surface area (Å²) in [6.45, 7) is 2.98. The molecule has 0 saturated carbocycles. The van der Waals surface area contributed by atoms with Crippen LogP contribution in [0.15, 0.2) is 0 Å². The van der Waals surface area contributed by atoms with E-state index in [4.69, 9.17) is 8.05 Å². The van der Waals surface area contributed by atoms with Gasteiger partial charge in [-0.15, -0.1) is 0 Å². The van der Waals surface area contributed by atoms with Gasteiger partial charge in [0.05, 0.1) is 0 Å². The molecule has 0 amide bonds. The molecule has 0 fully saturated rings. The molecule has 2 radical (unpaired) electrons. The first-order valence-electron chi connectivity index (χ1n) is 6.23. The van der Waals surface area contributed by atoms with Gasteiger partial charge in [0.25, 0.3) is 8.05 Å². The maximum Gasteiger partial charge on any atom is 0.282 e. The molecule has 0 rings (SSSR count). The van der Waals surface area contributed by atoms with Crippen molar-refractivity contribution in [2.24, 2.45) is 0 Å². The van der Waals surface area contributed by atoms with Crippen LogP contribution in [0.2, 0.25) is 0 Å². The van der Waals surface area contributed by atoms with E-state index in [2.05, 4.69) is 11.6 Å². The van der Waals surface area contributed by atoms with E-state index < -0.39 is 0 Å². The lowest BCUT2D eigenvalue weighted by Gasteiger charge is -2.01. The van der Waals surface area contributed by atoms with E-state index in [1.54, 1.807) is 0 Å². The predicted molar refractivity (Wildman–Crippen MR) is 63.6 cm³/mol. The highest BCUT2D eigenvalue weighted by Crippen LogP contribution is 2.10. The first-order valence-corrected chi connectivity index (χ1v) is 6.23. The molecule has 0 unspecified atom stereocenters. The summed E-state index contributed by atoms with van der Waals surface area (Å²) in [4.78, 5) is 0. The summed E-state index contributed by atoms with van der Waals surface area (Å²) in [5.74, 6) is 0. The highest BCUT2D eigenvalue weighted by atomic mass is 16.4. The zero-order chi connectivity index (χ0) is 10.5. The molecule has 0 saturated heterocycles. The topological polar surface area (TPSA) is 9.23 Å². The fourth-order valence-electron chi connectivity index (χ4n) is 1.67. The van der Waals surface area contributed by atoms with Crippen molar-refractivity contribution in [2.75, 3.05) is 6.61 Å². The molecule has 0 N–H and O–H groups in total. The molecule has 0 aromatic rings. The zero-order valence-electron chi connectivity index (χ0n) is 9.76. The van der Waals surface area contributed by atoms with Crippen LogP contribution in [0.25, 0.3) is 0 Å². The highest BCUT2D eigenvalue weighted by Gasteiger charge is 1.91. The molecule has 0 spiro atoms. The quantitative estimate of drug-likeness (QED) is 0.358. The summed E-state index contributed by atoms with van der Waals surface area (Å²) in [7, 11) is 4.94. The third-order valence-electron chi connectivity index (χ3n) is 2.62. The van der Waals surface area contributed by atoms with Crippen LogP contribution >= 0.6 is 0 Å². The summed E-state index contributed by atoms with van der Waals surface area (Å²) in [5.41, 5.74) is 0. The second-order valence-corrected chi connectivity index (χ2v) is 4.05. The Bertz CT molecular complexity index is 84.3. The molecule has 82 valence electrons. The van der Waals surface area contributed by atoms with Gasteiger partial charge in [-0.25, -0.2) is 0 Å². The Kier molecular flexibility index (Phi) is 13.0. The number of hydrogen-bond donors (Lipinski definition) is 0. The van der Waals surface area contributed by atoms with Gasteiger partial charge in [-0.1, -0.05) is 64.7 Å². The smallest absolute Gasteiger partial charge is 0.282 e. The van der Waals surface area contributed by atoms with Crippen molar-refractivity contribution < 1.29 is 4.65 Å². The molecule has 0 bridgehead atoms. The number of unbranched alkanes of at least 4 members (excludes halogenated alkanes) is 9. The number of rotatable bonds is 11. The van der Waals surface area contributed by atoms with Gasteiger partial charge in [-0.3, -0.25) is 0 Å². The molecule has 1 nitrogen and oxygen atoms in total. The van der Waals surface area contributed by atoms with E-state index in [9.17, 15) is 0 Å². The summed E-state index contributed by atoms with van der Waals surface area (Å²) in [6, 6.07) is 0. The van der Waals surface area contributed by atoms with Crippen molar-refractivity contribution in [1.82, 2.24) is 0 Å². The van der Waals surface area contributed by atoms with Gasteiger partial charge in [-0.05, 0) is 6.42 Å². The summed E-state index contributed by atoms with van der Waals surface area (Å²) in [6.07, 6.45) is 13.6. The Labute approximate surface area is 91.1 Å². The summed E-state index contributed by atoms with van der Waals surface area (Å²) >= 11 is 0.